The fourth-order valence-corrected chi connectivity index (χ4v) is 2.52. The predicted octanol–water partition coefficient (Wildman–Crippen LogP) is 3.29. The second kappa shape index (κ2) is 12.0. The molecular formula is C24H24N2O5. The van der Waals surface area contributed by atoms with Gasteiger partial charge < -0.3 is 19.5 Å². The van der Waals surface area contributed by atoms with Crippen LogP contribution in [0.3, 0.4) is 0 Å². The minimum atomic E-state index is -0.558. The van der Waals surface area contributed by atoms with E-state index in [0.29, 0.717) is 24.5 Å². The molecule has 0 unspecified atom stereocenters. The Labute approximate surface area is 181 Å². The monoisotopic (exact) mass is 420 g/mol. The van der Waals surface area contributed by atoms with E-state index in [4.69, 9.17) is 14.2 Å². The summed E-state index contributed by atoms with van der Waals surface area (Å²) in [4.78, 5) is 24.2. The average Bonchev–Trinajstić information content (AvgIpc) is 2.78. The molecule has 7 nitrogen and oxygen atoms in total. The number of aryl methyl sites for hydroxylation is 1. The molecule has 0 radical (unpaired) electrons. The van der Waals surface area contributed by atoms with Crippen molar-refractivity contribution < 1.29 is 23.8 Å². The molecule has 0 atom stereocenters. The van der Waals surface area contributed by atoms with Crippen LogP contribution in [0.4, 0.5) is 0 Å². The van der Waals surface area contributed by atoms with E-state index in [1.54, 1.807) is 24.3 Å². The number of carbonyl (C=O) groups excluding carboxylic acids is 2. The Kier molecular flexibility index (Phi) is 9.02. The number of benzene rings is 2. The molecule has 0 saturated carbocycles. The zero-order chi connectivity index (χ0) is 22.6. The second-order valence-electron chi connectivity index (χ2n) is 6.49. The van der Waals surface area contributed by atoms with E-state index in [2.05, 4.69) is 5.32 Å². The van der Waals surface area contributed by atoms with Crippen molar-refractivity contribution in [3.63, 3.8) is 0 Å². The standard InChI is InChI=1S/C24H24N2O5/c1-17-4-6-18(7-5-17)9-11-23(27)31-21-10-8-19(15-22(21)30-3)14-20(16-25)24(28)26-12-13-29-2/h4-11,14-15H,12-13H2,1-3H3,(H,26,28)/b11-9+,20-14+. The maximum absolute atomic E-state index is 12.2. The molecule has 2 rings (SSSR count). The molecule has 31 heavy (non-hydrogen) atoms. The van der Waals surface area contributed by atoms with Crippen molar-refractivity contribution >= 4 is 24.0 Å². The minimum Gasteiger partial charge on any atom is -0.493 e. The highest BCUT2D eigenvalue weighted by molar-refractivity contribution is 6.01. The third-order valence-electron chi connectivity index (χ3n) is 4.16. The van der Waals surface area contributed by atoms with Crippen molar-refractivity contribution in [1.29, 1.82) is 5.26 Å². The van der Waals surface area contributed by atoms with Crippen LogP contribution >= 0.6 is 0 Å². The Hall–Kier alpha value is -3.89. The second-order valence-corrected chi connectivity index (χ2v) is 6.49. The van der Waals surface area contributed by atoms with E-state index in [1.807, 2.05) is 37.3 Å². The quantitative estimate of drug-likeness (QED) is 0.220. The Morgan fingerprint density at radius 1 is 1.06 bits per heavy atom. The number of rotatable bonds is 9. The van der Waals surface area contributed by atoms with Gasteiger partial charge in [-0.25, -0.2) is 4.79 Å². The van der Waals surface area contributed by atoms with Gasteiger partial charge in [0.05, 0.1) is 13.7 Å². The molecule has 2 aromatic carbocycles. The van der Waals surface area contributed by atoms with Gasteiger partial charge in [-0.05, 0) is 42.3 Å². The molecule has 2 aromatic rings. The largest absolute Gasteiger partial charge is 0.493 e. The molecule has 1 amide bonds. The molecule has 0 spiro atoms. The van der Waals surface area contributed by atoms with Gasteiger partial charge in [0, 0.05) is 19.7 Å². The van der Waals surface area contributed by atoms with Crippen molar-refractivity contribution in [2.75, 3.05) is 27.4 Å². The van der Waals surface area contributed by atoms with Gasteiger partial charge in [-0.3, -0.25) is 4.79 Å². The maximum atomic E-state index is 12.2. The fraction of sp³-hybridized carbons (Fsp3) is 0.208. The number of carbonyl (C=O) groups is 2. The fourth-order valence-electron chi connectivity index (χ4n) is 2.52. The number of esters is 1. The average molecular weight is 420 g/mol. The number of ether oxygens (including phenoxy) is 3. The van der Waals surface area contributed by atoms with Crippen LogP contribution in [0.5, 0.6) is 11.5 Å². The Balaban J connectivity index is 2.11. The van der Waals surface area contributed by atoms with Crippen LogP contribution in [0, 0.1) is 18.3 Å². The number of methoxy groups -OCH3 is 2. The summed E-state index contributed by atoms with van der Waals surface area (Å²) in [7, 11) is 2.96. The van der Waals surface area contributed by atoms with Gasteiger partial charge in [-0.1, -0.05) is 35.9 Å². The Morgan fingerprint density at radius 2 is 1.77 bits per heavy atom. The number of nitrogens with zero attached hydrogens (tertiary/aromatic N) is 1. The first-order chi connectivity index (χ1) is 15.0. The number of nitriles is 1. The summed E-state index contributed by atoms with van der Waals surface area (Å²) < 4.78 is 15.5. The van der Waals surface area contributed by atoms with Crippen molar-refractivity contribution in [3.8, 4) is 17.6 Å². The van der Waals surface area contributed by atoms with Crippen LogP contribution in [0.25, 0.3) is 12.2 Å². The Morgan fingerprint density at radius 3 is 2.42 bits per heavy atom. The van der Waals surface area contributed by atoms with E-state index in [0.717, 1.165) is 11.1 Å². The highest BCUT2D eigenvalue weighted by Crippen LogP contribution is 2.29. The Bertz CT molecular complexity index is 1020. The zero-order valence-electron chi connectivity index (χ0n) is 17.7. The summed E-state index contributed by atoms with van der Waals surface area (Å²) in [6, 6.07) is 14.3. The van der Waals surface area contributed by atoms with Gasteiger partial charge in [0.2, 0.25) is 0 Å². The highest BCUT2D eigenvalue weighted by atomic mass is 16.6. The first-order valence-corrected chi connectivity index (χ1v) is 9.50. The summed E-state index contributed by atoms with van der Waals surface area (Å²) in [5.41, 5.74) is 2.49. The van der Waals surface area contributed by atoms with Crippen molar-refractivity contribution in [2.24, 2.45) is 0 Å². The number of hydrogen-bond acceptors (Lipinski definition) is 6. The topological polar surface area (TPSA) is 97.6 Å². The molecule has 0 aromatic heterocycles. The highest BCUT2D eigenvalue weighted by Gasteiger charge is 2.12. The molecule has 0 aliphatic carbocycles. The van der Waals surface area contributed by atoms with E-state index in [-0.39, 0.29) is 11.3 Å². The summed E-state index contributed by atoms with van der Waals surface area (Å²) in [5, 5.41) is 11.9. The lowest BCUT2D eigenvalue weighted by Gasteiger charge is -2.09. The first-order valence-electron chi connectivity index (χ1n) is 9.50. The van der Waals surface area contributed by atoms with Crippen LogP contribution in [0.2, 0.25) is 0 Å². The number of nitrogens with one attached hydrogen (secondary N) is 1. The van der Waals surface area contributed by atoms with Crippen LogP contribution < -0.4 is 14.8 Å². The summed E-state index contributed by atoms with van der Waals surface area (Å²) in [6.45, 7) is 2.62. The maximum Gasteiger partial charge on any atom is 0.336 e. The molecule has 160 valence electrons. The van der Waals surface area contributed by atoms with Gasteiger partial charge in [0.15, 0.2) is 11.5 Å². The molecule has 0 bridgehead atoms. The van der Waals surface area contributed by atoms with Gasteiger partial charge in [0.25, 0.3) is 5.91 Å². The molecular weight excluding hydrogens is 396 g/mol. The SMILES string of the molecule is COCCNC(=O)/C(C#N)=C/c1ccc(OC(=O)/C=C/c2ccc(C)cc2)c(OC)c1. The van der Waals surface area contributed by atoms with Gasteiger partial charge in [-0.2, -0.15) is 5.26 Å². The van der Waals surface area contributed by atoms with Gasteiger partial charge in [-0.15, -0.1) is 0 Å². The molecule has 0 heterocycles. The third kappa shape index (κ3) is 7.46. The lowest BCUT2D eigenvalue weighted by Crippen LogP contribution is -2.27. The van der Waals surface area contributed by atoms with E-state index < -0.39 is 11.9 Å². The molecule has 7 heteroatoms. The predicted molar refractivity (Wildman–Crippen MR) is 117 cm³/mol. The van der Waals surface area contributed by atoms with Gasteiger partial charge in [0.1, 0.15) is 11.6 Å². The van der Waals surface area contributed by atoms with Crippen LogP contribution in [-0.2, 0) is 14.3 Å². The van der Waals surface area contributed by atoms with Gasteiger partial charge >= 0.3 is 5.97 Å². The van der Waals surface area contributed by atoms with E-state index in [1.165, 1.54) is 26.4 Å². The first kappa shape index (κ1) is 23.4. The van der Waals surface area contributed by atoms with Crippen molar-refractivity contribution in [3.05, 3.63) is 70.8 Å². The van der Waals surface area contributed by atoms with E-state index in [9.17, 15) is 14.9 Å². The van der Waals surface area contributed by atoms with Crippen molar-refractivity contribution in [2.45, 2.75) is 6.92 Å². The molecule has 0 aliphatic rings. The van der Waals surface area contributed by atoms with Crippen molar-refractivity contribution in [1.82, 2.24) is 5.32 Å². The molecule has 0 aliphatic heterocycles. The summed E-state index contributed by atoms with van der Waals surface area (Å²) in [6.07, 6.45) is 4.41. The minimum absolute atomic E-state index is 0.0658. The molecule has 0 fully saturated rings. The lowest BCUT2D eigenvalue weighted by molar-refractivity contribution is -0.129. The smallest absolute Gasteiger partial charge is 0.336 e. The normalized spacial score (nSPS) is 11.1. The number of amides is 1. The molecule has 1 N–H and O–H groups in total. The van der Waals surface area contributed by atoms with Crippen LogP contribution in [-0.4, -0.2) is 39.2 Å². The van der Waals surface area contributed by atoms with E-state index >= 15 is 0 Å². The van der Waals surface area contributed by atoms with Crippen LogP contribution in [0.1, 0.15) is 16.7 Å². The summed E-state index contributed by atoms with van der Waals surface area (Å²) in [5.74, 6) is -0.545. The summed E-state index contributed by atoms with van der Waals surface area (Å²) >= 11 is 0. The lowest BCUT2D eigenvalue weighted by atomic mass is 10.1. The molecule has 0 saturated heterocycles. The third-order valence-corrected chi connectivity index (χ3v) is 4.16. The zero-order valence-corrected chi connectivity index (χ0v) is 17.7. The number of hydrogen-bond donors (Lipinski definition) is 1. The van der Waals surface area contributed by atoms with Crippen LogP contribution in [0.15, 0.2) is 54.1 Å².